The van der Waals surface area contributed by atoms with Crippen molar-refractivity contribution >= 4 is 0 Å². The molecule has 1 aromatic heterocycles. The zero-order valence-electron chi connectivity index (χ0n) is 10.5. The first kappa shape index (κ1) is 12.2. The second kappa shape index (κ2) is 4.73. The molecule has 1 fully saturated rings. The second-order valence-corrected chi connectivity index (χ2v) is 5.45. The minimum absolute atomic E-state index is 0.160. The highest BCUT2D eigenvalue weighted by Crippen LogP contribution is 2.26. The van der Waals surface area contributed by atoms with Gasteiger partial charge in [0.15, 0.2) is 0 Å². The average Bonchev–Trinajstić information content (AvgIpc) is 2.88. The maximum Gasteiger partial charge on any atom is 0.125 e. The van der Waals surface area contributed by atoms with Crippen molar-refractivity contribution in [3.8, 4) is 0 Å². The lowest BCUT2D eigenvalue weighted by Crippen LogP contribution is -2.12. The van der Waals surface area contributed by atoms with Crippen molar-refractivity contribution in [2.24, 2.45) is 5.92 Å². The molecule has 1 heterocycles. The molecule has 0 amide bonds. The Bertz CT molecular complexity index is 291. The van der Waals surface area contributed by atoms with E-state index in [1.807, 2.05) is 19.3 Å². The van der Waals surface area contributed by atoms with E-state index in [0.29, 0.717) is 0 Å². The molecule has 0 unspecified atom stereocenters. The highest BCUT2D eigenvalue weighted by Gasteiger charge is 2.13. The van der Waals surface area contributed by atoms with E-state index >= 15 is 0 Å². The lowest BCUT2D eigenvalue weighted by molar-refractivity contribution is 0.583. The molecule has 2 rings (SSSR count). The van der Waals surface area contributed by atoms with Crippen LogP contribution in [0.4, 0.5) is 0 Å². The van der Waals surface area contributed by atoms with E-state index in [4.69, 9.17) is 0 Å². The largest absolute Gasteiger partial charge is 0.241 e. The van der Waals surface area contributed by atoms with Crippen molar-refractivity contribution in [1.82, 2.24) is 9.97 Å². The summed E-state index contributed by atoms with van der Waals surface area (Å²) < 4.78 is 0. The summed E-state index contributed by atoms with van der Waals surface area (Å²) in [6.45, 7) is 10.6. The molecule has 0 aliphatic heterocycles. The Kier molecular flexibility index (Phi) is 3.83. The van der Waals surface area contributed by atoms with Gasteiger partial charge in [0.1, 0.15) is 5.82 Å². The van der Waals surface area contributed by atoms with Crippen LogP contribution >= 0.6 is 0 Å². The molecule has 1 aromatic rings. The summed E-state index contributed by atoms with van der Waals surface area (Å²) in [7, 11) is 0. The summed E-state index contributed by atoms with van der Waals surface area (Å²) in [6, 6.07) is 0. The number of aromatic nitrogens is 2. The Hall–Kier alpha value is -0.920. The molecule has 1 aliphatic rings. The van der Waals surface area contributed by atoms with Gasteiger partial charge in [0.25, 0.3) is 0 Å². The third kappa shape index (κ3) is 4.91. The molecule has 0 N–H and O–H groups in total. The van der Waals surface area contributed by atoms with Gasteiger partial charge in [0, 0.05) is 12.4 Å². The van der Waals surface area contributed by atoms with E-state index in [2.05, 4.69) is 37.7 Å². The van der Waals surface area contributed by atoms with Gasteiger partial charge in [-0.15, -0.1) is 0 Å². The summed E-state index contributed by atoms with van der Waals surface area (Å²) in [5.41, 5.74) is 1.34. The first-order chi connectivity index (χ1) is 6.89. The van der Waals surface area contributed by atoms with Gasteiger partial charge in [0.05, 0.1) is 0 Å². The molecule has 0 radical (unpaired) electrons. The molecule has 0 spiro atoms. The minimum atomic E-state index is 0.160. The van der Waals surface area contributed by atoms with Crippen LogP contribution in [0.15, 0.2) is 12.4 Å². The monoisotopic (exact) mass is 206 g/mol. The third-order valence-electron chi connectivity index (χ3n) is 2.51. The van der Waals surface area contributed by atoms with E-state index in [9.17, 15) is 0 Å². The van der Waals surface area contributed by atoms with Crippen LogP contribution in [0.5, 0.6) is 0 Å². The van der Waals surface area contributed by atoms with Crippen molar-refractivity contribution in [2.75, 3.05) is 0 Å². The number of nitrogens with zero attached hydrogens (tertiary/aromatic N) is 2. The first-order valence-electron chi connectivity index (χ1n) is 5.68. The van der Waals surface area contributed by atoms with E-state index < -0.39 is 0 Å². The molecule has 2 nitrogen and oxygen atoms in total. The molecule has 2 heteroatoms. The van der Waals surface area contributed by atoms with Crippen molar-refractivity contribution in [1.29, 1.82) is 0 Å². The second-order valence-electron chi connectivity index (χ2n) is 5.45. The van der Waals surface area contributed by atoms with Gasteiger partial charge >= 0.3 is 0 Å². The van der Waals surface area contributed by atoms with Crippen molar-refractivity contribution in [3.05, 3.63) is 23.8 Å². The standard InChI is InChI=1S/C9H14N2.C4H8/c1-7-10-5-8(6-11-7)9(2,3)4;1-4-2-3-4/h5-6H,1-4H3;4H,2-3H2,1H3. The van der Waals surface area contributed by atoms with Crippen molar-refractivity contribution in [2.45, 2.75) is 52.9 Å². The van der Waals surface area contributed by atoms with Gasteiger partial charge in [-0.25, -0.2) is 9.97 Å². The lowest BCUT2D eigenvalue weighted by Gasteiger charge is -2.17. The SMILES string of the molecule is CC1CC1.Cc1ncc(C(C)(C)C)cn1. The molecule has 0 bridgehead atoms. The lowest BCUT2D eigenvalue weighted by atomic mass is 9.89. The topological polar surface area (TPSA) is 25.8 Å². The molecule has 84 valence electrons. The Morgan fingerprint density at radius 2 is 1.53 bits per heavy atom. The zero-order chi connectivity index (χ0) is 11.5. The summed E-state index contributed by atoms with van der Waals surface area (Å²) in [6.07, 6.45) is 6.75. The predicted molar refractivity (Wildman–Crippen MR) is 63.9 cm³/mol. The van der Waals surface area contributed by atoms with Crippen LogP contribution in [-0.4, -0.2) is 9.97 Å². The van der Waals surface area contributed by atoms with Crippen LogP contribution < -0.4 is 0 Å². The van der Waals surface area contributed by atoms with Crippen LogP contribution in [0.25, 0.3) is 0 Å². The van der Waals surface area contributed by atoms with Crippen LogP contribution in [0.3, 0.4) is 0 Å². The number of rotatable bonds is 0. The van der Waals surface area contributed by atoms with Crippen LogP contribution in [0.2, 0.25) is 0 Å². The van der Waals surface area contributed by atoms with Gasteiger partial charge in [0.2, 0.25) is 0 Å². The summed E-state index contributed by atoms with van der Waals surface area (Å²) >= 11 is 0. The maximum absolute atomic E-state index is 4.13. The highest BCUT2D eigenvalue weighted by molar-refractivity contribution is 5.14. The summed E-state index contributed by atoms with van der Waals surface area (Å²) in [5.74, 6) is 1.91. The average molecular weight is 206 g/mol. The number of aryl methyl sites for hydroxylation is 1. The summed E-state index contributed by atoms with van der Waals surface area (Å²) in [5, 5.41) is 0. The Balaban J connectivity index is 0.000000234. The fourth-order valence-corrected chi connectivity index (χ4v) is 0.947. The van der Waals surface area contributed by atoms with E-state index in [-0.39, 0.29) is 5.41 Å². The first-order valence-corrected chi connectivity index (χ1v) is 5.68. The molecule has 0 saturated heterocycles. The van der Waals surface area contributed by atoms with Crippen molar-refractivity contribution in [3.63, 3.8) is 0 Å². The molecule has 15 heavy (non-hydrogen) atoms. The van der Waals surface area contributed by atoms with Crippen LogP contribution in [0, 0.1) is 12.8 Å². The number of hydrogen-bond donors (Lipinski definition) is 0. The van der Waals surface area contributed by atoms with Gasteiger partial charge in [-0.1, -0.05) is 40.5 Å². The third-order valence-corrected chi connectivity index (χ3v) is 2.51. The molecule has 0 aromatic carbocycles. The fraction of sp³-hybridized carbons (Fsp3) is 0.692. The van der Waals surface area contributed by atoms with Crippen LogP contribution in [-0.2, 0) is 5.41 Å². The maximum atomic E-state index is 4.13. The minimum Gasteiger partial charge on any atom is -0.241 e. The molecule has 1 aliphatic carbocycles. The molecular weight excluding hydrogens is 184 g/mol. The van der Waals surface area contributed by atoms with Crippen LogP contribution in [0.1, 0.15) is 51.9 Å². The Morgan fingerprint density at radius 1 is 1.13 bits per heavy atom. The van der Waals surface area contributed by atoms with Gasteiger partial charge in [-0.05, 0) is 23.8 Å². The Morgan fingerprint density at radius 3 is 1.80 bits per heavy atom. The van der Waals surface area contributed by atoms with Crippen molar-refractivity contribution < 1.29 is 0 Å². The van der Waals surface area contributed by atoms with E-state index in [1.165, 1.54) is 18.4 Å². The molecular formula is C13H22N2. The van der Waals surface area contributed by atoms with E-state index in [0.717, 1.165) is 11.7 Å². The predicted octanol–water partition coefficient (Wildman–Crippen LogP) is 3.50. The smallest absolute Gasteiger partial charge is 0.125 e. The van der Waals surface area contributed by atoms with E-state index in [1.54, 1.807) is 0 Å². The molecule has 0 atom stereocenters. The Labute approximate surface area is 93.2 Å². The highest BCUT2D eigenvalue weighted by atomic mass is 14.8. The zero-order valence-corrected chi connectivity index (χ0v) is 10.5. The quantitative estimate of drug-likeness (QED) is 0.649. The number of hydrogen-bond acceptors (Lipinski definition) is 2. The van der Waals surface area contributed by atoms with Gasteiger partial charge < -0.3 is 0 Å². The summed E-state index contributed by atoms with van der Waals surface area (Å²) in [4.78, 5) is 8.27. The normalized spacial score (nSPS) is 15.5. The van der Waals surface area contributed by atoms with Gasteiger partial charge in [-0.2, -0.15) is 0 Å². The molecule has 1 saturated carbocycles. The van der Waals surface area contributed by atoms with Gasteiger partial charge in [-0.3, -0.25) is 0 Å². The fourth-order valence-electron chi connectivity index (χ4n) is 0.947.